The number of carboxylic acid groups (broad SMARTS) is 1. The van der Waals surface area contributed by atoms with E-state index in [1.807, 2.05) is 5.32 Å². The van der Waals surface area contributed by atoms with E-state index >= 15 is 0 Å². The average Bonchev–Trinajstić information content (AvgIpc) is 1.82. The molecule has 5 nitrogen and oxygen atoms in total. The molecule has 3 N–H and O–H groups in total. The van der Waals surface area contributed by atoms with Gasteiger partial charge in [0.25, 0.3) is 0 Å². The highest BCUT2D eigenvalue weighted by Gasteiger charge is 1.98. The molecule has 0 heterocycles. The molecule has 0 aliphatic heterocycles. The predicted octanol–water partition coefficient (Wildman–Crippen LogP) is 0.258. The lowest BCUT2D eigenvalue weighted by atomic mass is 11.0. The Morgan fingerprint density at radius 2 is 2.40 bits per heavy atom. The minimum atomic E-state index is -1.25. The summed E-state index contributed by atoms with van der Waals surface area (Å²) in [6.45, 7) is 0. The second kappa shape index (κ2) is 4.84. The molecular formula is C3H3N3O2S2. The molecule has 0 unspecified atom stereocenters. The number of carbonyl (C=O) groups is 1. The van der Waals surface area contributed by atoms with Gasteiger partial charge in [-0.25, -0.2) is 4.79 Å². The third-order valence-electron chi connectivity index (χ3n) is 0.410. The van der Waals surface area contributed by atoms with E-state index in [0.717, 1.165) is 0 Å². The summed E-state index contributed by atoms with van der Waals surface area (Å²) in [6, 6.07) is 0. The Bertz CT molecular complexity index is 187. The van der Waals surface area contributed by atoms with Crippen LogP contribution in [0.25, 0.3) is 0 Å². The Kier molecular flexibility index (Phi) is 4.36. The number of hydrogen-bond donors (Lipinski definition) is 3. The molecule has 1 amide bonds. The molecule has 7 heteroatoms. The van der Waals surface area contributed by atoms with Crippen LogP contribution in [0.4, 0.5) is 4.79 Å². The minimum Gasteiger partial charge on any atom is -0.465 e. The molecule has 0 atom stereocenters. The van der Waals surface area contributed by atoms with Gasteiger partial charge in [0.15, 0.2) is 10.5 Å². The molecule has 0 rings (SSSR count). The van der Waals surface area contributed by atoms with Crippen LogP contribution in [-0.2, 0) is 0 Å². The zero-order valence-electron chi connectivity index (χ0n) is 4.62. The summed E-state index contributed by atoms with van der Waals surface area (Å²) in [5.41, 5.74) is 0. The lowest BCUT2D eigenvalue weighted by Crippen LogP contribution is -2.34. The van der Waals surface area contributed by atoms with Crippen LogP contribution in [-0.4, -0.2) is 16.3 Å². The van der Waals surface area contributed by atoms with Crippen molar-refractivity contribution in [3.63, 3.8) is 0 Å². The van der Waals surface area contributed by atoms with Crippen LogP contribution in [0.1, 0.15) is 0 Å². The topological polar surface area (TPSA) is 85.2 Å². The molecule has 0 aromatic rings. The van der Waals surface area contributed by atoms with Crippen molar-refractivity contribution >= 4 is 35.4 Å². The lowest BCUT2D eigenvalue weighted by Gasteiger charge is -1.99. The van der Waals surface area contributed by atoms with E-state index in [0.29, 0.717) is 11.9 Å². The Balaban J connectivity index is 3.47. The Hall–Kier alpha value is -1.00. The molecule has 10 heavy (non-hydrogen) atoms. The van der Waals surface area contributed by atoms with Gasteiger partial charge in [0.05, 0.1) is 11.9 Å². The fourth-order valence-corrected chi connectivity index (χ4v) is 0.593. The number of nitrogens with zero attached hydrogens (tertiary/aromatic N) is 1. The van der Waals surface area contributed by atoms with Crippen molar-refractivity contribution in [3.05, 3.63) is 0 Å². The molecule has 0 aromatic carbocycles. The van der Waals surface area contributed by atoms with Gasteiger partial charge < -0.3 is 5.11 Å². The molecule has 0 radical (unpaired) electrons. The number of nitrogens with one attached hydrogen (secondary N) is 2. The number of thiocarbonyl (C=S) groups is 1. The highest BCUT2D eigenvalue weighted by molar-refractivity contribution is 8.03. The summed E-state index contributed by atoms with van der Waals surface area (Å²) >= 11 is 5.07. The SMILES string of the molecule is N#CSNC(=S)NC(=O)O. The van der Waals surface area contributed by atoms with E-state index in [2.05, 4.69) is 16.9 Å². The summed E-state index contributed by atoms with van der Waals surface area (Å²) in [4.78, 5) is 9.84. The molecule has 0 bridgehead atoms. The van der Waals surface area contributed by atoms with Crippen LogP contribution in [0.15, 0.2) is 0 Å². The van der Waals surface area contributed by atoms with Gasteiger partial charge in [0, 0.05) is 0 Å². The number of rotatable bonds is 1. The van der Waals surface area contributed by atoms with E-state index in [4.69, 9.17) is 10.4 Å². The number of amides is 1. The first-order valence-corrected chi connectivity index (χ1v) is 3.24. The molecule has 0 saturated carbocycles. The van der Waals surface area contributed by atoms with Crippen molar-refractivity contribution in [2.45, 2.75) is 0 Å². The van der Waals surface area contributed by atoms with Crippen LogP contribution in [0.5, 0.6) is 0 Å². The summed E-state index contributed by atoms with van der Waals surface area (Å²) < 4.78 is 2.26. The fourth-order valence-electron chi connectivity index (χ4n) is 0.192. The first kappa shape index (κ1) is 9.00. The van der Waals surface area contributed by atoms with E-state index in [1.165, 1.54) is 0 Å². The van der Waals surface area contributed by atoms with Crippen LogP contribution in [0.3, 0.4) is 0 Å². The Labute approximate surface area is 66.5 Å². The van der Waals surface area contributed by atoms with Crippen LogP contribution >= 0.6 is 24.2 Å². The summed E-state index contributed by atoms with van der Waals surface area (Å²) in [5.74, 6) is 0. The van der Waals surface area contributed by atoms with Crippen molar-refractivity contribution < 1.29 is 9.90 Å². The highest BCUT2D eigenvalue weighted by Crippen LogP contribution is 1.85. The fraction of sp³-hybridized carbons (Fsp3) is 0. The molecule has 0 aliphatic carbocycles. The lowest BCUT2D eigenvalue weighted by molar-refractivity contribution is 0.200. The molecule has 0 aromatic heterocycles. The second-order valence-corrected chi connectivity index (χ2v) is 2.05. The molecule has 0 spiro atoms. The van der Waals surface area contributed by atoms with Gasteiger partial charge in [-0.15, -0.1) is 0 Å². The molecular weight excluding hydrogens is 174 g/mol. The first-order chi connectivity index (χ1) is 4.66. The summed E-state index contributed by atoms with van der Waals surface area (Å²) in [6.07, 6.45) is -1.25. The normalized spacial score (nSPS) is 7.50. The van der Waals surface area contributed by atoms with Crippen molar-refractivity contribution in [3.8, 4) is 5.40 Å². The number of hydrogen-bond acceptors (Lipinski definition) is 4. The van der Waals surface area contributed by atoms with E-state index in [1.54, 1.807) is 5.40 Å². The average molecular weight is 177 g/mol. The summed E-state index contributed by atoms with van der Waals surface area (Å²) in [5, 5.41) is 19.4. The monoisotopic (exact) mass is 177 g/mol. The maximum atomic E-state index is 9.84. The van der Waals surface area contributed by atoms with Gasteiger partial charge in [-0.1, -0.05) is 0 Å². The van der Waals surface area contributed by atoms with Crippen molar-refractivity contribution in [2.75, 3.05) is 0 Å². The largest absolute Gasteiger partial charge is 0.465 e. The maximum Gasteiger partial charge on any atom is 0.410 e. The second-order valence-electron chi connectivity index (χ2n) is 1.05. The quantitative estimate of drug-likeness (QED) is 0.302. The maximum absolute atomic E-state index is 9.84. The molecule has 0 aliphatic rings. The zero-order chi connectivity index (χ0) is 7.98. The smallest absolute Gasteiger partial charge is 0.410 e. The van der Waals surface area contributed by atoms with Crippen LogP contribution in [0, 0.1) is 10.7 Å². The molecule has 0 fully saturated rings. The van der Waals surface area contributed by atoms with Crippen LogP contribution in [0.2, 0.25) is 0 Å². The van der Waals surface area contributed by atoms with Crippen molar-refractivity contribution in [2.24, 2.45) is 0 Å². The Morgan fingerprint density at radius 3 is 2.80 bits per heavy atom. The number of thiocyanates is 1. The van der Waals surface area contributed by atoms with Gasteiger partial charge in [-0.05, 0) is 12.2 Å². The van der Waals surface area contributed by atoms with Crippen molar-refractivity contribution in [1.29, 1.82) is 5.26 Å². The van der Waals surface area contributed by atoms with Gasteiger partial charge in [0.1, 0.15) is 0 Å². The van der Waals surface area contributed by atoms with Gasteiger partial charge in [0.2, 0.25) is 0 Å². The third kappa shape index (κ3) is 5.14. The van der Waals surface area contributed by atoms with E-state index < -0.39 is 6.09 Å². The molecule has 0 saturated heterocycles. The first-order valence-electron chi connectivity index (χ1n) is 2.01. The minimum absolute atomic E-state index is 0.0981. The third-order valence-corrected chi connectivity index (χ3v) is 1.14. The van der Waals surface area contributed by atoms with Gasteiger partial charge in [-0.2, -0.15) is 5.26 Å². The van der Waals surface area contributed by atoms with Crippen molar-refractivity contribution in [1.82, 2.24) is 10.0 Å². The molecule has 54 valence electrons. The summed E-state index contributed by atoms with van der Waals surface area (Å²) in [7, 11) is 0. The van der Waals surface area contributed by atoms with Gasteiger partial charge >= 0.3 is 6.09 Å². The van der Waals surface area contributed by atoms with E-state index in [-0.39, 0.29) is 5.11 Å². The zero-order valence-corrected chi connectivity index (χ0v) is 6.25. The predicted molar refractivity (Wildman–Crippen MR) is 40.1 cm³/mol. The standard InChI is InChI=1S/C3H3N3O2S2/c4-1-10-6-2(9)5-3(7)8/h(H,7,8)(H2,5,6,9). The van der Waals surface area contributed by atoms with Gasteiger partial charge in [-0.3, -0.25) is 10.0 Å². The number of nitriles is 1. The van der Waals surface area contributed by atoms with Crippen LogP contribution < -0.4 is 10.0 Å². The highest BCUT2D eigenvalue weighted by atomic mass is 32.2. The Morgan fingerprint density at radius 1 is 1.80 bits per heavy atom. The van der Waals surface area contributed by atoms with E-state index in [9.17, 15) is 4.79 Å².